The summed E-state index contributed by atoms with van der Waals surface area (Å²) in [6.07, 6.45) is 0. The Bertz CT molecular complexity index is 725. The number of hydrogen-bond acceptors (Lipinski definition) is 4. The Balaban J connectivity index is 2.03. The van der Waals surface area contributed by atoms with Crippen LogP contribution in [0.4, 0.5) is 4.79 Å². The van der Waals surface area contributed by atoms with Crippen LogP contribution in [0.15, 0.2) is 40.9 Å². The highest BCUT2D eigenvalue weighted by Gasteiger charge is 2.17. The minimum absolute atomic E-state index is 0.242. The van der Waals surface area contributed by atoms with Gasteiger partial charge in [-0.2, -0.15) is 0 Å². The molecule has 2 N–H and O–H groups in total. The van der Waals surface area contributed by atoms with Crippen LogP contribution in [-0.4, -0.2) is 27.4 Å². The number of rotatable bonds is 7. The Morgan fingerprint density at radius 2 is 1.62 bits per heavy atom. The lowest BCUT2D eigenvalue weighted by atomic mass is 10.1. The maximum absolute atomic E-state index is 12.2. The van der Waals surface area contributed by atoms with Crippen LogP contribution in [0.1, 0.15) is 24.1 Å². The van der Waals surface area contributed by atoms with Crippen molar-refractivity contribution in [2.45, 2.75) is 19.5 Å². The highest BCUT2D eigenvalue weighted by atomic mass is 79.9. The largest absolute Gasteiger partial charge is 0.493 e. The predicted octanol–water partition coefficient (Wildman–Crippen LogP) is 4.04. The minimum atomic E-state index is -0.255. The van der Waals surface area contributed by atoms with Crippen LogP contribution in [-0.2, 0) is 6.54 Å². The van der Waals surface area contributed by atoms with Crippen molar-refractivity contribution in [2.24, 2.45) is 0 Å². The van der Waals surface area contributed by atoms with E-state index in [4.69, 9.17) is 14.2 Å². The standard InChI is InChI=1S/C19H23BrN2O4/c1-12(14-9-16(24-2)18(26-4)17(10-14)25-3)22-19(23)21-11-13-5-7-15(20)8-6-13/h5-10,12H,11H2,1-4H3,(H2,21,22,23). The van der Waals surface area contributed by atoms with E-state index in [1.807, 2.05) is 43.3 Å². The van der Waals surface area contributed by atoms with Gasteiger partial charge in [-0.1, -0.05) is 28.1 Å². The Morgan fingerprint density at radius 3 is 2.12 bits per heavy atom. The lowest BCUT2D eigenvalue weighted by Gasteiger charge is -2.19. The first-order valence-corrected chi connectivity index (χ1v) is 8.86. The molecular weight excluding hydrogens is 400 g/mol. The van der Waals surface area contributed by atoms with Gasteiger partial charge in [-0.15, -0.1) is 0 Å². The molecule has 0 aromatic heterocycles. The average molecular weight is 423 g/mol. The first-order valence-electron chi connectivity index (χ1n) is 8.07. The van der Waals surface area contributed by atoms with E-state index < -0.39 is 0 Å². The van der Waals surface area contributed by atoms with Crippen LogP contribution in [0.2, 0.25) is 0 Å². The summed E-state index contributed by atoms with van der Waals surface area (Å²) in [5, 5.41) is 5.75. The number of methoxy groups -OCH3 is 3. The number of amides is 2. The Labute approximate surface area is 162 Å². The molecular formula is C19H23BrN2O4. The third-order valence-corrected chi connectivity index (χ3v) is 4.43. The van der Waals surface area contributed by atoms with Gasteiger partial charge in [-0.05, 0) is 42.3 Å². The number of carbonyl (C=O) groups excluding carboxylic acids is 1. The van der Waals surface area contributed by atoms with Gasteiger partial charge in [0.05, 0.1) is 27.4 Å². The average Bonchev–Trinajstić information content (AvgIpc) is 2.66. The van der Waals surface area contributed by atoms with Crippen LogP contribution >= 0.6 is 15.9 Å². The molecule has 7 heteroatoms. The third-order valence-electron chi connectivity index (χ3n) is 3.90. The zero-order valence-corrected chi connectivity index (χ0v) is 16.8. The summed E-state index contributed by atoms with van der Waals surface area (Å²) in [6.45, 7) is 2.33. The van der Waals surface area contributed by atoms with E-state index in [1.54, 1.807) is 21.3 Å². The van der Waals surface area contributed by atoms with Crippen molar-refractivity contribution in [3.63, 3.8) is 0 Å². The van der Waals surface area contributed by atoms with E-state index in [1.165, 1.54) is 0 Å². The van der Waals surface area contributed by atoms with Gasteiger partial charge >= 0.3 is 6.03 Å². The van der Waals surface area contributed by atoms with Crippen molar-refractivity contribution in [3.05, 3.63) is 52.0 Å². The Kier molecular flexibility index (Phi) is 7.15. The molecule has 0 aliphatic heterocycles. The maximum Gasteiger partial charge on any atom is 0.315 e. The maximum atomic E-state index is 12.2. The minimum Gasteiger partial charge on any atom is -0.493 e. The van der Waals surface area contributed by atoms with Crippen molar-refractivity contribution in [3.8, 4) is 17.2 Å². The zero-order chi connectivity index (χ0) is 19.1. The molecule has 1 unspecified atom stereocenters. The molecule has 2 amide bonds. The molecule has 0 aliphatic carbocycles. The van der Waals surface area contributed by atoms with E-state index in [0.29, 0.717) is 23.8 Å². The van der Waals surface area contributed by atoms with E-state index in [-0.39, 0.29) is 12.1 Å². The molecule has 140 valence electrons. The molecule has 0 spiro atoms. The second kappa shape index (κ2) is 9.33. The van der Waals surface area contributed by atoms with Crippen molar-refractivity contribution in [2.75, 3.05) is 21.3 Å². The van der Waals surface area contributed by atoms with Crippen LogP contribution in [0.5, 0.6) is 17.2 Å². The fraction of sp³-hybridized carbons (Fsp3) is 0.316. The number of halogens is 1. The first-order chi connectivity index (χ1) is 12.5. The van der Waals surface area contributed by atoms with Crippen LogP contribution < -0.4 is 24.8 Å². The number of benzene rings is 2. The molecule has 2 rings (SSSR count). The molecule has 0 fully saturated rings. The molecule has 2 aromatic rings. The lowest BCUT2D eigenvalue weighted by Crippen LogP contribution is -2.36. The van der Waals surface area contributed by atoms with Crippen molar-refractivity contribution >= 4 is 22.0 Å². The van der Waals surface area contributed by atoms with Gasteiger partial charge in [0.25, 0.3) is 0 Å². The lowest BCUT2D eigenvalue weighted by molar-refractivity contribution is 0.237. The molecule has 0 aliphatic rings. The van der Waals surface area contributed by atoms with Gasteiger partial charge < -0.3 is 24.8 Å². The molecule has 26 heavy (non-hydrogen) atoms. The van der Waals surface area contributed by atoms with E-state index >= 15 is 0 Å². The molecule has 1 atom stereocenters. The second-order valence-corrected chi connectivity index (χ2v) is 6.55. The summed E-state index contributed by atoms with van der Waals surface area (Å²) in [5.74, 6) is 1.61. The van der Waals surface area contributed by atoms with E-state index in [2.05, 4.69) is 26.6 Å². The number of nitrogens with one attached hydrogen (secondary N) is 2. The topological polar surface area (TPSA) is 68.8 Å². The molecule has 0 radical (unpaired) electrons. The Morgan fingerprint density at radius 1 is 1.04 bits per heavy atom. The van der Waals surface area contributed by atoms with Crippen LogP contribution in [0.3, 0.4) is 0 Å². The van der Waals surface area contributed by atoms with Gasteiger partial charge in [0.15, 0.2) is 11.5 Å². The number of carbonyl (C=O) groups is 1. The smallest absolute Gasteiger partial charge is 0.315 e. The third kappa shape index (κ3) is 5.05. The predicted molar refractivity (Wildman–Crippen MR) is 104 cm³/mol. The summed E-state index contributed by atoms with van der Waals surface area (Å²) >= 11 is 3.39. The molecule has 0 saturated carbocycles. The van der Waals surface area contributed by atoms with Gasteiger partial charge in [0, 0.05) is 11.0 Å². The SMILES string of the molecule is COc1cc(C(C)NC(=O)NCc2ccc(Br)cc2)cc(OC)c1OC. The molecule has 0 saturated heterocycles. The molecule has 2 aromatic carbocycles. The quantitative estimate of drug-likeness (QED) is 0.706. The first kappa shape index (κ1) is 19.9. The van der Waals surface area contributed by atoms with Gasteiger partial charge in [0.2, 0.25) is 5.75 Å². The second-order valence-electron chi connectivity index (χ2n) is 5.63. The monoisotopic (exact) mass is 422 g/mol. The van der Waals surface area contributed by atoms with Gasteiger partial charge in [-0.3, -0.25) is 0 Å². The summed E-state index contributed by atoms with van der Waals surface area (Å²) in [6, 6.07) is 10.9. The molecule has 0 heterocycles. The fourth-order valence-corrected chi connectivity index (χ4v) is 2.73. The number of hydrogen-bond donors (Lipinski definition) is 2. The highest BCUT2D eigenvalue weighted by molar-refractivity contribution is 9.10. The molecule has 6 nitrogen and oxygen atoms in total. The summed E-state index contributed by atoms with van der Waals surface area (Å²) in [5.41, 5.74) is 1.86. The zero-order valence-electron chi connectivity index (χ0n) is 15.3. The van der Waals surface area contributed by atoms with Crippen LogP contribution in [0, 0.1) is 0 Å². The summed E-state index contributed by atoms with van der Waals surface area (Å²) in [7, 11) is 4.67. The van der Waals surface area contributed by atoms with Gasteiger partial charge in [-0.25, -0.2) is 4.79 Å². The normalized spacial score (nSPS) is 11.4. The summed E-state index contributed by atoms with van der Waals surface area (Å²) in [4.78, 5) is 12.2. The van der Waals surface area contributed by atoms with Crippen molar-refractivity contribution in [1.29, 1.82) is 0 Å². The van der Waals surface area contributed by atoms with Gasteiger partial charge in [0.1, 0.15) is 0 Å². The Hall–Kier alpha value is -2.41. The van der Waals surface area contributed by atoms with E-state index in [9.17, 15) is 4.79 Å². The molecule has 0 bridgehead atoms. The van der Waals surface area contributed by atoms with Crippen molar-refractivity contribution in [1.82, 2.24) is 10.6 Å². The van der Waals surface area contributed by atoms with Crippen molar-refractivity contribution < 1.29 is 19.0 Å². The fourth-order valence-electron chi connectivity index (χ4n) is 2.47. The van der Waals surface area contributed by atoms with Crippen LogP contribution in [0.25, 0.3) is 0 Å². The highest BCUT2D eigenvalue weighted by Crippen LogP contribution is 2.39. The number of ether oxygens (including phenoxy) is 3. The van der Waals surface area contributed by atoms with E-state index in [0.717, 1.165) is 15.6 Å². The number of urea groups is 1. The summed E-state index contributed by atoms with van der Waals surface area (Å²) < 4.78 is 17.0.